The van der Waals surface area contributed by atoms with Crippen LogP contribution < -0.4 is 11.1 Å². The first-order chi connectivity index (χ1) is 8.74. The maximum absolute atomic E-state index is 10.9. The van der Waals surface area contributed by atoms with Gasteiger partial charge in [-0.05, 0) is 17.5 Å². The SMILES string of the molecule is NC(=O)c1noc([C@H]2Cc3ccccc3CN2)n1. The van der Waals surface area contributed by atoms with Crippen LogP contribution in [0.2, 0.25) is 0 Å². The number of carbonyl (C=O) groups excluding carboxylic acids is 1. The van der Waals surface area contributed by atoms with Crippen LogP contribution in [0.25, 0.3) is 0 Å². The number of fused-ring (bicyclic) bond motifs is 1. The van der Waals surface area contributed by atoms with E-state index in [1.807, 2.05) is 12.1 Å². The molecule has 0 fully saturated rings. The fourth-order valence-corrected chi connectivity index (χ4v) is 2.11. The summed E-state index contributed by atoms with van der Waals surface area (Å²) in [6.45, 7) is 0.745. The number of hydrogen-bond acceptors (Lipinski definition) is 5. The van der Waals surface area contributed by atoms with Gasteiger partial charge in [0.05, 0.1) is 6.04 Å². The molecule has 0 saturated heterocycles. The van der Waals surface area contributed by atoms with Gasteiger partial charge in [0, 0.05) is 6.54 Å². The Labute approximate surface area is 103 Å². The van der Waals surface area contributed by atoms with Crippen molar-refractivity contribution in [2.45, 2.75) is 19.0 Å². The molecule has 0 radical (unpaired) electrons. The van der Waals surface area contributed by atoms with Gasteiger partial charge in [0.15, 0.2) is 0 Å². The minimum atomic E-state index is -0.679. The largest absolute Gasteiger partial charge is 0.363 e. The van der Waals surface area contributed by atoms with Crippen molar-refractivity contribution in [2.75, 3.05) is 0 Å². The van der Waals surface area contributed by atoms with Gasteiger partial charge < -0.3 is 15.6 Å². The second kappa shape index (κ2) is 4.23. The third-order valence-corrected chi connectivity index (χ3v) is 3.04. The van der Waals surface area contributed by atoms with Crippen LogP contribution in [0.4, 0.5) is 0 Å². The van der Waals surface area contributed by atoms with Gasteiger partial charge in [0.2, 0.25) is 5.89 Å². The van der Waals surface area contributed by atoms with Crippen molar-refractivity contribution in [2.24, 2.45) is 5.73 Å². The molecule has 2 aromatic rings. The van der Waals surface area contributed by atoms with Crippen LogP contribution in [0.15, 0.2) is 28.8 Å². The highest BCUT2D eigenvalue weighted by atomic mass is 16.5. The highest BCUT2D eigenvalue weighted by Gasteiger charge is 2.24. The van der Waals surface area contributed by atoms with Crippen LogP contribution >= 0.6 is 0 Å². The summed E-state index contributed by atoms with van der Waals surface area (Å²) in [5.74, 6) is -0.356. The van der Waals surface area contributed by atoms with E-state index >= 15 is 0 Å². The third-order valence-electron chi connectivity index (χ3n) is 3.04. The number of benzene rings is 1. The molecule has 3 rings (SSSR count). The number of hydrogen-bond donors (Lipinski definition) is 2. The minimum absolute atomic E-state index is 0.0690. The molecule has 18 heavy (non-hydrogen) atoms. The summed E-state index contributed by atoms with van der Waals surface area (Å²) in [6, 6.07) is 8.11. The molecule has 0 bridgehead atoms. The summed E-state index contributed by atoms with van der Waals surface area (Å²) in [5.41, 5.74) is 7.61. The van der Waals surface area contributed by atoms with E-state index in [-0.39, 0.29) is 11.9 Å². The average Bonchev–Trinajstić information content (AvgIpc) is 2.88. The van der Waals surface area contributed by atoms with Crippen LogP contribution in [0.5, 0.6) is 0 Å². The lowest BCUT2D eigenvalue weighted by atomic mass is 9.96. The molecule has 1 aromatic carbocycles. The number of nitrogens with two attached hydrogens (primary N) is 1. The summed E-state index contributed by atoms with van der Waals surface area (Å²) >= 11 is 0. The molecule has 6 heteroatoms. The molecule has 0 saturated carbocycles. The zero-order chi connectivity index (χ0) is 12.5. The number of nitrogens with one attached hydrogen (secondary N) is 1. The van der Waals surface area contributed by atoms with Crippen LogP contribution in [-0.2, 0) is 13.0 Å². The summed E-state index contributed by atoms with van der Waals surface area (Å²) in [7, 11) is 0. The highest BCUT2D eigenvalue weighted by molar-refractivity contribution is 5.88. The molecule has 3 N–H and O–H groups in total. The molecule has 0 unspecified atom stereocenters. The van der Waals surface area contributed by atoms with Crippen LogP contribution in [0, 0.1) is 0 Å². The van der Waals surface area contributed by atoms with Gasteiger partial charge in [0.25, 0.3) is 11.7 Å². The molecule has 1 amide bonds. The van der Waals surface area contributed by atoms with E-state index < -0.39 is 5.91 Å². The normalized spacial score (nSPS) is 18.3. The van der Waals surface area contributed by atoms with Gasteiger partial charge in [-0.2, -0.15) is 4.98 Å². The van der Waals surface area contributed by atoms with E-state index in [4.69, 9.17) is 10.3 Å². The zero-order valence-electron chi connectivity index (χ0n) is 9.59. The van der Waals surface area contributed by atoms with Crippen molar-refractivity contribution < 1.29 is 9.32 Å². The van der Waals surface area contributed by atoms with Gasteiger partial charge in [0.1, 0.15) is 0 Å². The molecular weight excluding hydrogens is 232 g/mol. The molecule has 1 aromatic heterocycles. The maximum Gasteiger partial charge on any atom is 0.290 e. The molecule has 92 valence electrons. The van der Waals surface area contributed by atoms with Gasteiger partial charge >= 0.3 is 0 Å². The zero-order valence-corrected chi connectivity index (χ0v) is 9.59. The Morgan fingerprint density at radius 2 is 2.17 bits per heavy atom. The standard InChI is InChI=1S/C12H12N4O2/c13-10(17)11-15-12(18-16-11)9-5-7-3-1-2-4-8(7)6-14-9/h1-4,9,14H,5-6H2,(H2,13,17)/t9-/m1/s1. The average molecular weight is 244 g/mol. The van der Waals surface area contributed by atoms with Crippen LogP contribution in [0.3, 0.4) is 0 Å². The molecule has 1 aliphatic heterocycles. The molecule has 0 aliphatic carbocycles. The summed E-state index contributed by atoms with van der Waals surface area (Å²) in [4.78, 5) is 14.9. The van der Waals surface area contributed by atoms with E-state index in [1.54, 1.807) is 0 Å². The van der Waals surface area contributed by atoms with E-state index in [2.05, 4.69) is 27.6 Å². The topological polar surface area (TPSA) is 94.0 Å². The van der Waals surface area contributed by atoms with E-state index in [0.717, 1.165) is 13.0 Å². The van der Waals surface area contributed by atoms with Gasteiger partial charge in [-0.15, -0.1) is 0 Å². The fraction of sp³-hybridized carbons (Fsp3) is 0.250. The van der Waals surface area contributed by atoms with E-state index in [9.17, 15) is 4.79 Å². The van der Waals surface area contributed by atoms with E-state index in [0.29, 0.717) is 5.89 Å². The molecule has 1 aliphatic rings. The highest BCUT2D eigenvalue weighted by Crippen LogP contribution is 2.24. The summed E-state index contributed by atoms with van der Waals surface area (Å²) in [6.07, 6.45) is 0.760. The second-order valence-electron chi connectivity index (χ2n) is 4.23. The number of rotatable bonds is 2. The predicted molar refractivity (Wildman–Crippen MR) is 62.5 cm³/mol. The van der Waals surface area contributed by atoms with Crippen molar-refractivity contribution in [1.29, 1.82) is 0 Å². The monoisotopic (exact) mass is 244 g/mol. The van der Waals surface area contributed by atoms with Crippen molar-refractivity contribution in [3.05, 3.63) is 47.1 Å². The lowest BCUT2D eigenvalue weighted by Gasteiger charge is -2.23. The van der Waals surface area contributed by atoms with Crippen molar-refractivity contribution in [1.82, 2.24) is 15.5 Å². The quantitative estimate of drug-likeness (QED) is 0.804. The number of aromatic nitrogens is 2. The Hall–Kier alpha value is -2.21. The lowest BCUT2D eigenvalue weighted by Crippen LogP contribution is -2.28. The molecule has 1 atom stereocenters. The van der Waals surface area contributed by atoms with Crippen molar-refractivity contribution in [3.63, 3.8) is 0 Å². The fourth-order valence-electron chi connectivity index (χ4n) is 2.11. The van der Waals surface area contributed by atoms with Crippen LogP contribution in [-0.4, -0.2) is 16.0 Å². The molecule has 6 nitrogen and oxygen atoms in total. The number of amides is 1. The van der Waals surface area contributed by atoms with Crippen molar-refractivity contribution in [3.8, 4) is 0 Å². The van der Waals surface area contributed by atoms with E-state index in [1.165, 1.54) is 11.1 Å². The molecule has 2 heterocycles. The van der Waals surface area contributed by atoms with Crippen molar-refractivity contribution >= 4 is 5.91 Å². The first-order valence-electron chi connectivity index (χ1n) is 5.67. The Kier molecular flexibility index (Phi) is 2.56. The lowest BCUT2D eigenvalue weighted by molar-refractivity contribution is 0.0987. The smallest absolute Gasteiger partial charge is 0.290 e. The second-order valence-corrected chi connectivity index (χ2v) is 4.23. The Morgan fingerprint density at radius 1 is 1.39 bits per heavy atom. The predicted octanol–water partition coefficient (Wildman–Crippen LogP) is 0.555. The number of nitrogens with zero attached hydrogens (tertiary/aromatic N) is 2. The maximum atomic E-state index is 10.9. The Balaban J connectivity index is 1.85. The van der Waals surface area contributed by atoms with Gasteiger partial charge in [-0.3, -0.25) is 4.79 Å². The first-order valence-corrected chi connectivity index (χ1v) is 5.67. The molecule has 0 spiro atoms. The number of carbonyl (C=O) groups is 1. The van der Waals surface area contributed by atoms with Gasteiger partial charge in [-0.1, -0.05) is 29.4 Å². The van der Waals surface area contributed by atoms with Gasteiger partial charge in [-0.25, -0.2) is 0 Å². The van der Waals surface area contributed by atoms with Crippen LogP contribution in [0.1, 0.15) is 33.7 Å². The summed E-state index contributed by atoms with van der Waals surface area (Å²) < 4.78 is 5.06. The summed E-state index contributed by atoms with van der Waals surface area (Å²) in [5, 5.41) is 6.84. The molecular formula is C12H12N4O2. The third kappa shape index (κ3) is 1.86. The Bertz CT molecular complexity index is 593. The Morgan fingerprint density at radius 3 is 2.89 bits per heavy atom. The first kappa shape index (κ1) is 10.9. The number of primary amides is 1. The minimum Gasteiger partial charge on any atom is -0.363 e.